The van der Waals surface area contributed by atoms with Crippen LogP contribution in [0.1, 0.15) is 0 Å². The Morgan fingerprint density at radius 2 is 2.12 bits per heavy atom. The molecule has 1 aromatic heterocycles. The number of hydrogen-bond acceptors (Lipinski definition) is 4. The molecule has 1 heterocycles. The Balaban J connectivity index is 2.56. The second-order valence-electron chi connectivity index (χ2n) is 3.63. The summed E-state index contributed by atoms with van der Waals surface area (Å²) in [4.78, 5) is 6.06. The normalized spacial score (nSPS) is 10.4. The largest absolute Gasteiger partial charge is 0.377 e. The smallest absolute Gasteiger partial charge is 0.180 e. The fourth-order valence-corrected chi connectivity index (χ4v) is 2.07. The number of aromatic nitrogens is 1. The van der Waals surface area contributed by atoms with Crippen molar-refractivity contribution in [2.75, 3.05) is 24.7 Å². The van der Waals surface area contributed by atoms with Crippen LogP contribution in [0.2, 0.25) is 0 Å². The van der Waals surface area contributed by atoms with E-state index in [-0.39, 0.29) is 5.82 Å². The Morgan fingerprint density at radius 3 is 2.69 bits per heavy atom. The van der Waals surface area contributed by atoms with E-state index in [1.54, 1.807) is 6.07 Å². The van der Waals surface area contributed by atoms with Crippen molar-refractivity contribution >= 4 is 22.2 Å². The summed E-state index contributed by atoms with van der Waals surface area (Å²) in [6.45, 7) is 0. The maximum absolute atomic E-state index is 13.2. The van der Waals surface area contributed by atoms with Gasteiger partial charge in [-0.1, -0.05) is 0 Å². The number of rotatable bonds is 2. The number of nitrogens with two attached hydrogens (primary N) is 1. The van der Waals surface area contributed by atoms with Crippen LogP contribution in [0, 0.1) is 5.82 Å². The molecule has 2 rings (SSSR count). The molecule has 0 atom stereocenters. The summed E-state index contributed by atoms with van der Waals surface area (Å²) in [7, 11) is 3.74. The maximum atomic E-state index is 13.2. The first kappa shape index (κ1) is 10.9. The molecule has 0 aliphatic carbocycles. The van der Waals surface area contributed by atoms with Gasteiger partial charge in [0.05, 0.1) is 5.69 Å². The van der Waals surface area contributed by atoms with Gasteiger partial charge in [-0.05, 0) is 18.2 Å². The summed E-state index contributed by atoms with van der Waals surface area (Å²) >= 11 is 1.38. The summed E-state index contributed by atoms with van der Waals surface area (Å²) in [6.07, 6.45) is 0. The van der Waals surface area contributed by atoms with Gasteiger partial charge in [-0.25, -0.2) is 9.37 Å². The SMILES string of the molecule is CN(C)c1cc(F)ccc1-c1csc(N)n1. The highest BCUT2D eigenvalue weighted by molar-refractivity contribution is 7.13. The number of thiazole rings is 1. The summed E-state index contributed by atoms with van der Waals surface area (Å²) in [5.41, 5.74) is 8.06. The van der Waals surface area contributed by atoms with Gasteiger partial charge in [-0.3, -0.25) is 0 Å². The topological polar surface area (TPSA) is 42.1 Å². The molecule has 0 saturated carbocycles. The van der Waals surface area contributed by atoms with Crippen molar-refractivity contribution in [1.82, 2.24) is 4.98 Å². The van der Waals surface area contributed by atoms with E-state index in [0.717, 1.165) is 16.9 Å². The Bertz CT molecular complexity index is 508. The first-order valence-electron chi connectivity index (χ1n) is 4.76. The van der Waals surface area contributed by atoms with Crippen molar-refractivity contribution in [3.05, 3.63) is 29.4 Å². The molecule has 84 valence electrons. The van der Waals surface area contributed by atoms with Crippen LogP contribution < -0.4 is 10.6 Å². The van der Waals surface area contributed by atoms with E-state index in [2.05, 4.69) is 4.98 Å². The molecule has 0 amide bonds. The average Bonchev–Trinajstić information content (AvgIpc) is 2.64. The van der Waals surface area contributed by atoms with Crippen molar-refractivity contribution in [3.63, 3.8) is 0 Å². The minimum atomic E-state index is -0.254. The second-order valence-corrected chi connectivity index (χ2v) is 4.52. The Kier molecular flexibility index (Phi) is 2.78. The molecule has 1 aromatic carbocycles. The van der Waals surface area contributed by atoms with E-state index in [0.29, 0.717) is 5.13 Å². The first-order chi connectivity index (χ1) is 7.58. The third kappa shape index (κ3) is 1.99. The lowest BCUT2D eigenvalue weighted by Gasteiger charge is -2.16. The summed E-state index contributed by atoms with van der Waals surface area (Å²) < 4.78 is 13.2. The van der Waals surface area contributed by atoms with E-state index in [4.69, 9.17) is 5.73 Å². The van der Waals surface area contributed by atoms with Gasteiger partial charge in [-0.15, -0.1) is 11.3 Å². The van der Waals surface area contributed by atoms with Crippen molar-refractivity contribution in [2.45, 2.75) is 0 Å². The molecule has 2 aromatic rings. The van der Waals surface area contributed by atoms with Crippen molar-refractivity contribution in [1.29, 1.82) is 0 Å². The van der Waals surface area contributed by atoms with Crippen LogP contribution in [-0.2, 0) is 0 Å². The second kappa shape index (κ2) is 4.09. The van der Waals surface area contributed by atoms with E-state index >= 15 is 0 Å². The van der Waals surface area contributed by atoms with Crippen LogP contribution in [0.4, 0.5) is 15.2 Å². The molecule has 0 aliphatic heterocycles. The van der Waals surface area contributed by atoms with Gasteiger partial charge in [0.2, 0.25) is 0 Å². The molecule has 5 heteroatoms. The van der Waals surface area contributed by atoms with E-state index in [1.807, 2.05) is 24.4 Å². The molecular weight excluding hydrogens is 225 g/mol. The lowest BCUT2D eigenvalue weighted by molar-refractivity contribution is 0.628. The molecule has 0 saturated heterocycles. The van der Waals surface area contributed by atoms with Crippen molar-refractivity contribution < 1.29 is 4.39 Å². The van der Waals surface area contributed by atoms with Gasteiger partial charge < -0.3 is 10.6 Å². The van der Waals surface area contributed by atoms with Gasteiger partial charge in [0.1, 0.15) is 5.82 Å². The van der Waals surface area contributed by atoms with Crippen LogP contribution in [-0.4, -0.2) is 19.1 Å². The number of anilines is 2. The lowest BCUT2D eigenvalue weighted by Crippen LogP contribution is -2.10. The van der Waals surface area contributed by atoms with Gasteiger partial charge in [0.25, 0.3) is 0 Å². The van der Waals surface area contributed by atoms with Crippen molar-refractivity contribution in [3.8, 4) is 11.3 Å². The number of benzene rings is 1. The number of hydrogen-bond donors (Lipinski definition) is 1. The molecule has 0 aliphatic rings. The van der Waals surface area contributed by atoms with Crippen LogP contribution in [0.3, 0.4) is 0 Å². The van der Waals surface area contributed by atoms with Crippen LogP contribution in [0.5, 0.6) is 0 Å². The van der Waals surface area contributed by atoms with E-state index in [9.17, 15) is 4.39 Å². The highest BCUT2D eigenvalue weighted by Gasteiger charge is 2.10. The molecule has 0 fully saturated rings. The fourth-order valence-electron chi connectivity index (χ4n) is 1.50. The minimum Gasteiger partial charge on any atom is -0.377 e. The van der Waals surface area contributed by atoms with Gasteiger partial charge in [0, 0.05) is 30.7 Å². The molecule has 0 radical (unpaired) electrons. The molecule has 16 heavy (non-hydrogen) atoms. The zero-order chi connectivity index (χ0) is 11.7. The number of nitrogens with zero attached hydrogens (tertiary/aromatic N) is 2. The highest BCUT2D eigenvalue weighted by Crippen LogP contribution is 2.31. The quantitative estimate of drug-likeness (QED) is 0.873. The fraction of sp³-hybridized carbons (Fsp3) is 0.182. The Labute approximate surface area is 97.3 Å². The molecule has 0 bridgehead atoms. The average molecular weight is 237 g/mol. The molecular formula is C11H12FN3S. The Morgan fingerprint density at radius 1 is 1.38 bits per heavy atom. The standard InChI is InChI=1S/C11H12FN3S/c1-15(2)10-5-7(12)3-4-8(10)9-6-16-11(13)14-9/h3-6H,1-2H3,(H2,13,14). The molecule has 0 unspecified atom stereocenters. The predicted molar refractivity (Wildman–Crippen MR) is 66.2 cm³/mol. The van der Waals surface area contributed by atoms with Gasteiger partial charge >= 0.3 is 0 Å². The van der Waals surface area contributed by atoms with Gasteiger partial charge in [0.15, 0.2) is 5.13 Å². The highest BCUT2D eigenvalue weighted by atomic mass is 32.1. The number of halogens is 1. The lowest BCUT2D eigenvalue weighted by atomic mass is 10.1. The van der Waals surface area contributed by atoms with Crippen molar-refractivity contribution in [2.24, 2.45) is 0 Å². The minimum absolute atomic E-state index is 0.254. The molecule has 0 spiro atoms. The third-order valence-corrected chi connectivity index (χ3v) is 2.91. The van der Waals surface area contributed by atoms with Gasteiger partial charge in [-0.2, -0.15) is 0 Å². The summed E-state index contributed by atoms with van der Waals surface area (Å²) in [5, 5.41) is 2.39. The van der Waals surface area contributed by atoms with Crippen LogP contribution in [0.15, 0.2) is 23.6 Å². The predicted octanol–water partition coefficient (Wildman–Crippen LogP) is 2.60. The zero-order valence-electron chi connectivity index (χ0n) is 9.07. The summed E-state index contributed by atoms with van der Waals surface area (Å²) in [5.74, 6) is -0.254. The number of nitrogen functional groups attached to an aromatic ring is 1. The third-order valence-electron chi connectivity index (χ3n) is 2.24. The maximum Gasteiger partial charge on any atom is 0.180 e. The molecule has 2 N–H and O–H groups in total. The van der Waals surface area contributed by atoms with E-state index in [1.165, 1.54) is 23.5 Å². The zero-order valence-corrected chi connectivity index (χ0v) is 9.88. The molecule has 3 nitrogen and oxygen atoms in total. The van der Waals surface area contributed by atoms with Crippen LogP contribution in [0.25, 0.3) is 11.3 Å². The summed E-state index contributed by atoms with van der Waals surface area (Å²) in [6, 6.07) is 4.64. The Hall–Kier alpha value is -1.62. The van der Waals surface area contributed by atoms with E-state index < -0.39 is 0 Å². The van der Waals surface area contributed by atoms with Crippen LogP contribution >= 0.6 is 11.3 Å². The first-order valence-corrected chi connectivity index (χ1v) is 5.64. The monoisotopic (exact) mass is 237 g/mol.